The van der Waals surface area contributed by atoms with E-state index in [0.717, 1.165) is 11.1 Å². The van der Waals surface area contributed by atoms with Crippen LogP contribution in [0, 0.1) is 6.92 Å². The highest BCUT2D eigenvalue weighted by Gasteiger charge is 2.09. The second-order valence-corrected chi connectivity index (χ2v) is 5.60. The van der Waals surface area contributed by atoms with Gasteiger partial charge in [-0.05, 0) is 52.7 Å². The Kier molecular flexibility index (Phi) is 4.68. The van der Waals surface area contributed by atoms with Crippen LogP contribution in [0.3, 0.4) is 0 Å². The fourth-order valence-electron chi connectivity index (χ4n) is 1.67. The van der Waals surface area contributed by atoms with Gasteiger partial charge in [-0.2, -0.15) is 0 Å². The van der Waals surface area contributed by atoms with Gasteiger partial charge >= 0.3 is 5.97 Å². The van der Waals surface area contributed by atoms with Gasteiger partial charge in [0.05, 0.1) is 10.0 Å². The third-order valence-corrected chi connectivity index (χ3v) is 3.78. The molecule has 0 radical (unpaired) electrons. The molecule has 0 fully saturated rings. The second-order valence-electron chi connectivity index (χ2n) is 4.33. The Hall–Kier alpha value is -1.52. The van der Waals surface area contributed by atoms with E-state index in [4.69, 9.17) is 21.4 Å². The van der Waals surface area contributed by atoms with E-state index in [1.54, 1.807) is 6.07 Å². The number of ether oxygens (including phenoxy) is 1. The average Bonchev–Trinajstić information content (AvgIpc) is 2.39. The zero-order chi connectivity index (χ0) is 14.7. The fourth-order valence-corrected chi connectivity index (χ4v) is 2.32. The Balaban J connectivity index is 2.18. The molecule has 0 bridgehead atoms. The summed E-state index contributed by atoms with van der Waals surface area (Å²) in [6.07, 6.45) is 0. The Bertz CT molecular complexity index is 656. The molecule has 3 nitrogen and oxygen atoms in total. The number of carbonyl (C=O) groups is 1. The van der Waals surface area contributed by atoms with Crippen molar-refractivity contribution in [1.29, 1.82) is 0 Å². The van der Waals surface area contributed by atoms with E-state index in [-0.39, 0.29) is 12.2 Å². The number of hydrogen-bond acceptors (Lipinski definition) is 2. The van der Waals surface area contributed by atoms with Gasteiger partial charge in [-0.25, -0.2) is 4.79 Å². The van der Waals surface area contributed by atoms with Gasteiger partial charge in [0.25, 0.3) is 0 Å². The second kappa shape index (κ2) is 6.29. The highest BCUT2D eigenvalue weighted by atomic mass is 79.9. The van der Waals surface area contributed by atoms with Gasteiger partial charge in [0, 0.05) is 10.6 Å². The van der Waals surface area contributed by atoms with Crippen molar-refractivity contribution in [2.75, 3.05) is 0 Å². The molecule has 0 saturated carbocycles. The lowest BCUT2D eigenvalue weighted by Crippen LogP contribution is -2.00. The van der Waals surface area contributed by atoms with Crippen LogP contribution >= 0.6 is 27.5 Å². The van der Waals surface area contributed by atoms with Crippen molar-refractivity contribution in [3.05, 3.63) is 62.6 Å². The maximum atomic E-state index is 10.9. The fraction of sp³-hybridized carbons (Fsp3) is 0.133. The van der Waals surface area contributed by atoms with Crippen LogP contribution in [0.2, 0.25) is 5.02 Å². The summed E-state index contributed by atoms with van der Waals surface area (Å²) in [5, 5.41) is 9.60. The van der Waals surface area contributed by atoms with Crippen LogP contribution in [0.5, 0.6) is 5.75 Å². The van der Waals surface area contributed by atoms with Crippen molar-refractivity contribution in [3.63, 3.8) is 0 Å². The predicted octanol–water partition coefficient (Wildman–Crippen LogP) is 4.69. The molecule has 104 valence electrons. The third-order valence-electron chi connectivity index (χ3n) is 2.77. The molecule has 0 heterocycles. The summed E-state index contributed by atoms with van der Waals surface area (Å²) in [6, 6.07) is 10.4. The first-order valence-corrected chi connectivity index (χ1v) is 7.05. The molecule has 0 spiro atoms. The topological polar surface area (TPSA) is 46.5 Å². The van der Waals surface area contributed by atoms with Crippen molar-refractivity contribution in [1.82, 2.24) is 0 Å². The minimum atomic E-state index is -0.990. The standard InChI is InChI=1S/C15H12BrClO3/c1-9-2-3-11(13(17)6-9)8-20-14-7-10(15(18)19)4-5-12(14)16/h2-7H,8H2,1H3,(H,18,19). The smallest absolute Gasteiger partial charge is 0.335 e. The molecule has 0 aromatic heterocycles. The zero-order valence-electron chi connectivity index (χ0n) is 10.7. The van der Waals surface area contributed by atoms with E-state index in [1.165, 1.54) is 12.1 Å². The third kappa shape index (κ3) is 3.52. The molecule has 0 aliphatic rings. The number of carboxylic acid groups (broad SMARTS) is 1. The molecule has 0 saturated heterocycles. The van der Waals surface area contributed by atoms with E-state index >= 15 is 0 Å². The van der Waals surface area contributed by atoms with E-state index in [9.17, 15) is 4.79 Å². The summed E-state index contributed by atoms with van der Waals surface area (Å²) < 4.78 is 6.34. The van der Waals surface area contributed by atoms with Crippen molar-refractivity contribution < 1.29 is 14.6 Å². The quantitative estimate of drug-likeness (QED) is 0.865. The molecule has 2 aromatic carbocycles. The van der Waals surface area contributed by atoms with Gasteiger partial charge in [0.1, 0.15) is 12.4 Å². The largest absolute Gasteiger partial charge is 0.488 e. The maximum Gasteiger partial charge on any atom is 0.335 e. The summed E-state index contributed by atoms with van der Waals surface area (Å²) in [5.41, 5.74) is 2.11. The number of carboxylic acids is 1. The van der Waals surface area contributed by atoms with Crippen LogP contribution in [0.1, 0.15) is 21.5 Å². The van der Waals surface area contributed by atoms with Crippen LogP contribution in [-0.4, -0.2) is 11.1 Å². The van der Waals surface area contributed by atoms with Crippen LogP contribution in [0.15, 0.2) is 40.9 Å². The van der Waals surface area contributed by atoms with Gasteiger partial charge in [-0.1, -0.05) is 23.7 Å². The molecule has 0 unspecified atom stereocenters. The van der Waals surface area contributed by atoms with Gasteiger partial charge in [0.2, 0.25) is 0 Å². The minimum absolute atomic E-state index is 0.179. The predicted molar refractivity (Wildman–Crippen MR) is 81.6 cm³/mol. The molecule has 1 N–H and O–H groups in total. The molecule has 5 heteroatoms. The number of hydrogen-bond donors (Lipinski definition) is 1. The van der Waals surface area contributed by atoms with E-state index < -0.39 is 5.97 Å². The Morgan fingerprint density at radius 2 is 2.05 bits per heavy atom. The van der Waals surface area contributed by atoms with Crippen LogP contribution in [-0.2, 0) is 6.61 Å². The Labute approximate surface area is 130 Å². The first-order valence-electron chi connectivity index (χ1n) is 5.88. The zero-order valence-corrected chi connectivity index (χ0v) is 13.0. The Morgan fingerprint density at radius 3 is 2.70 bits per heavy atom. The summed E-state index contributed by atoms with van der Waals surface area (Å²) >= 11 is 9.46. The molecule has 0 amide bonds. The van der Waals surface area contributed by atoms with Gasteiger partial charge < -0.3 is 9.84 Å². The molecule has 0 atom stereocenters. The molecule has 2 rings (SSSR count). The summed E-state index contributed by atoms with van der Waals surface area (Å²) in [4.78, 5) is 10.9. The first kappa shape index (κ1) is 14.9. The van der Waals surface area contributed by atoms with E-state index in [1.807, 2.05) is 25.1 Å². The SMILES string of the molecule is Cc1ccc(COc2cc(C(=O)O)ccc2Br)c(Cl)c1. The monoisotopic (exact) mass is 354 g/mol. The van der Waals surface area contributed by atoms with Crippen LogP contribution in [0.4, 0.5) is 0 Å². The van der Waals surface area contributed by atoms with Crippen molar-refractivity contribution in [2.24, 2.45) is 0 Å². The summed E-state index contributed by atoms with van der Waals surface area (Å²) in [6.45, 7) is 2.24. The summed E-state index contributed by atoms with van der Waals surface area (Å²) in [7, 11) is 0. The van der Waals surface area contributed by atoms with Crippen LogP contribution < -0.4 is 4.74 Å². The molecule has 2 aromatic rings. The highest BCUT2D eigenvalue weighted by Crippen LogP contribution is 2.28. The average molecular weight is 356 g/mol. The molecule has 0 aliphatic heterocycles. The number of benzene rings is 2. The molecule has 0 aliphatic carbocycles. The van der Waals surface area contributed by atoms with Crippen molar-refractivity contribution in [2.45, 2.75) is 13.5 Å². The van der Waals surface area contributed by atoms with Crippen LogP contribution in [0.25, 0.3) is 0 Å². The molecular weight excluding hydrogens is 344 g/mol. The Morgan fingerprint density at radius 1 is 1.30 bits per heavy atom. The lowest BCUT2D eigenvalue weighted by molar-refractivity contribution is 0.0696. The minimum Gasteiger partial charge on any atom is -0.488 e. The lowest BCUT2D eigenvalue weighted by Gasteiger charge is -2.10. The number of halogens is 2. The first-order chi connectivity index (χ1) is 9.47. The van der Waals surface area contributed by atoms with E-state index in [0.29, 0.717) is 15.2 Å². The van der Waals surface area contributed by atoms with Crippen molar-refractivity contribution >= 4 is 33.5 Å². The van der Waals surface area contributed by atoms with Gasteiger partial charge in [-0.3, -0.25) is 0 Å². The van der Waals surface area contributed by atoms with E-state index in [2.05, 4.69) is 15.9 Å². The van der Waals surface area contributed by atoms with Crippen molar-refractivity contribution in [3.8, 4) is 5.75 Å². The molecule has 20 heavy (non-hydrogen) atoms. The number of aryl methyl sites for hydroxylation is 1. The van der Waals surface area contributed by atoms with Gasteiger partial charge in [0.15, 0.2) is 0 Å². The lowest BCUT2D eigenvalue weighted by atomic mass is 10.1. The number of aromatic carboxylic acids is 1. The normalized spacial score (nSPS) is 10.3. The summed E-state index contributed by atoms with van der Waals surface area (Å²) in [5.74, 6) is -0.516. The van der Waals surface area contributed by atoms with Gasteiger partial charge in [-0.15, -0.1) is 0 Å². The number of rotatable bonds is 4. The maximum absolute atomic E-state index is 10.9. The highest BCUT2D eigenvalue weighted by molar-refractivity contribution is 9.10. The molecular formula is C15H12BrClO3.